The second kappa shape index (κ2) is 4.98. The molecule has 2 rings (SSSR count). The summed E-state index contributed by atoms with van der Waals surface area (Å²) in [7, 11) is 3.21. The minimum atomic E-state index is -0.740. The van der Waals surface area contributed by atoms with E-state index in [1.807, 2.05) is 18.2 Å². The lowest BCUT2D eigenvalue weighted by atomic mass is 9.63. The first kappa shape index (κ1) is 12.9. The maximum atomic E-state index is 11.5. The van der Waals surface area contributed by atoms with Gasteiger partial charge in [-0.1, -0.05) is 12.5 Å². The zero-order valence-corrected chi connectivity index (χ0v) is 10.7. The zero-order chi connectivity index (χ0) is 13.2. The van der Waals surface area contributed by atoms with Crippen LogP contribution in [0, 0.1) is 0 Å². The van der Waals surface area contributed by atoms with E-state index in [0.717, 1.165) is 23.3 Å². The molecule has 1 aliphatic carbocycles. The van der Waals surface area contributed by atoms with E-state index in [-0.39, 0.29) is 0 Å². The number of ether oxygens (including phenoxy) is 2. The fourth-order valence-corrected chi connectivity index (χ4v) is 2.57. The van der Waals surface area contributed by atoms with Crippen molar-refractivity contribution in [3.05, 3.63) is 29.3 Å². The summed E-state index contributed by atoms with van der Waals surface area (Å²) in [5, 5.41) is 9.48. The molecule has 98 valence electrons. The van der Waals surface area contributed by atoms with Crippen LogP contribution in [0.5, 0.6) is 5.75 Å². The molecule has 1 saturated carbocycles. The smallest absolute Gasteiger partial charge is 0.314 e. The molecular weight excluding hydrogens is 232 g/mol. The number of rotatable bonds is 5. The summed E-state index contributed by atoms with van der Waals surface area (Å²) < 4.78 is 10.3. The van der Waals surface area contributed by atoms with E-state index in [4.69, 9.17) is 9.47 Å². The van der Waals surface area contributed by atoms with Crippen LogP contribution in [0.1, 0.15) is 30.4 Å². The maximum Gasteiger partial charge on any atom is 0.314 e. The monoisotopic (exact) mass is 250 g/mol. The summed E-state index contributed by atoms with van der Waals surface area (Å²) in [5.74, 6) is -0.0121. The van der Waals surface area contributed by atoms with Crippen molar-refractivity contribution < 1.29 is 19.4 Å². The van der Waals surface area contributed by atoms with Crippen LogP contribution in [0.4, 0.5) is 0 Å². The molecule has 0 bridgehead atoms. The molecule has 0 amide bonds. The summed E-state index contributed by atoms with van der Waals surface area (Å²) in [6.07, 6.45) is 2.36. The molecule has 0 aliphatic heterocycles. The Labute approximate surface area is 107 Å². The van der Waals surface area contributed by atoms with E-state index in [1.165, 1.54) is 0 Å². The van der Waals surface area contributed by atoms with Gasteiger partial charge in [0.15, 0.2) is 0 Å². The summed E-state index contributed by atoms with van der Waals surface area (Å²) in [5.41, 5.74) is 1.04. The predicted octanol–water partition coefficient (Wildman–Crippen LogP) is 2.35. The van der Waals surface area contributed by atoms with Crippen LogP contribution < -0.4 is 4.74 Å². The fraction of sp³-hybridized carbons (Fsp3) is 0.500. The first-order chi connectivity index (χ1) is 8.64. The SMILES string of the molecule is COCc1cc(OC)ccc1C1(C(=O)O)CCC1. The maximum absolute atomic E-state index is 11.5. The van der Waals surface area contributed by atoms with Crippen molar-refractivity contribution in [3.63, 3.8) is 0 Å². The molecule has 0 saturated heterocycles. The van der Waals surface area contributed by atoms with Crippen LogP contribution in [0.2, 0.25) is 0 Å². The van der Waals surface area contributed by atoms with Crippen LogP contribution in [-0.2, 0) is 21.6 Å². The first-order valence-corrected chi connectivity index (χ1v) is 6.04. The molecule has 0 heterocycles. The quantitative estimate of drug-likeness (QED) is 0.871. The van der Waals surface area contributed by atoms with Gasteiger partial charge in [0, 0.05) is 7.11 Å². The van der Waals surface area contributed by atoms with Crippen molar-refractivity contribution in [2.45, 2.75) is 31.3 Å². The van der Waals surface area contributed by atoms with Crippen molar-refractivity contribution in [1.29, 1.82) is 0 Å². The molecule has 18 heavy (non-hydrogen) atoms. The van der Waals surface area contributed by atoms with Crippen molar-refractivity contribution in [2.75, 3.05) is 14.2 Å². The number of carboxylic acid groups (broad SMARTS) is 1. The molecule has 0 radical (unpaired) electrons. The predicted molar refractivity (Wildman–Crippen MR) is 66.9 cm³/mol. The van der Waals surface area contributed by atoms with Gasteiger partial charge >= 0.3 is 5.97 Å². The Balaban J connectivity index is 2.45. The first-order valence-electron chi connectivity index (χ1n) is 6.04. The standard InChI is InChI=1S/C14H18O4/c1-17-9-10-8-11(18-2)4-5-12(10)14(13(15)16)6-3-7-14/h4-5,8H,3,6-7,9H2,1-2H3,(H,15,16). The van der Waals surface area contributed by atoms with Gasteiger partial charge in [-0.05, 0) is 36.1 Å². The Morgan fingerprint density at radius 3 is 2.56 bits per heavy atom. The molecule has 0 unspecified atom stereocenters. The normalized spacial score (nSPS) is 17.0. The fourth-order valence-electron chi connectivity index (χ4n) is 2.57. The molecule has 1 aromatic rings. The van der Waals surface area contributed by atoms with Gasteiger partial charge in [0.2, 0.25) is 0 Å². The Morgan fingerprint density at radius 2 is 2.11 bits per heavy atom. The average Bonchev–Trinajstić information content (AvgIpc) is 2.29. The van der Waals surface area contributed by atoms with Crippen molar-refractivity contribution in [2.24, 2.45) is 0 Å². The Morgan fingerprint density at radius 1 is 1.39 bits per heavy atom. The van der Waals surface area contributed by atoms with Crippen molar-refractivity contribution in [3.8, 4) is 5.75 Å². The second-order valence-corrected chi connectivity index (χ2v) is 4.70. The number of benzene rings is 1. The topological polar surface area (TPSA) is 55.8 Å². The highest BCUT2D eigenvalue weighted by molar-refractivity contribution is 5.83. The Kier molecular flexibility index (Phi) is 3.57. The van der Waals surface area contributed by atoms with Crippen molar-refractivity contribution in [1.82, 2.24) is 0 Å². The molecule has 0 spiro atoms. The summed E-state index contributed by atoms with van der Waals surface area (Å²) in [6.45, 7) is 0.404. The minimum absolute atomic E-state index is 0.404. The number of methoxy groups -OCH3 is 2. The molecular formula is C14H18O4. The van der Waals surface area contributed by atoms with E-state index in [0.29, 0.717) is 19.4 Å². The number of aliphatic carboxylic acids is 1. The van der Waals surface area contributed by atoms with E-state index in [2.05, 4.69) is 0 Å². The van der Waals surface area contributed by atoms with Gasteiger partial charge in [-0.3, -0.25) is 4.79 Å². The Bertz CT molecular complexity index is 449. The molecule has 1 fully saturated rings. The Hall–Kier alpha value is -1.55. The van der Waals surface area contributed by atoms with Gasteiger partial charge in [-0.2, -0.15) is 0 Å². The van der Waals surface area contributed by atoms with Crippen LogP contribution in [0.25, 0.3) is 0 Å². The third kappa shape index (κ3) is 1.97. The van der Waals surface area contributed by atoms with Gasteiger partial charge in [0.1, 0.15) is 5.75 Å². The molecule has 1 N–H and O–H groups in total. The van der Waals surface area contributed by atoms with Crippen molar-refractivity contribution >= 4 is 5.97 Å². The van der Waals surface area contributed by atoms with Crippen LogP contribution in [0.3, 0.4) is 0 Å². The highest BCUT2D eigenvalue weighted by Crippen LogP contribution is 2.46. The second-order valence-electron chi connectivity index (χ2n) is 4.70. The summed E-state index contributed by atoms with van der Waals surface area (Å²) in [6, 6.07) is 5.54. The summed E-state index contributed by atoms with van der Waals surface area (Å²) >= 11 is 0. The number of hydrogen-bond donors (Lipinski definition) is 1. The number of carbonyl (C=O) groups is 1. The lowest BCUT2D eigenvalue weighted by Gasteiger charge is -2.39. The molecule has 0 aromatic heterocycles. The number of hydrogen-bond acceptors (Lipinski definition) is 3. The van der Waals surface area contributed by atoms with Gasteiger partial charge in [0.25, 0.3) is 0 Å². The van der Waals surface area contributed by atoms with Gasteiger partial charge < -0.3 is 14.6 Å². The van der Waals surface area contributed by atoms with Gasteiger partial charge in [-0.15, -0.1) is 0 Å². The third-order valence-electron chi connectivity index (χ3n) is 3.74. The third-order valence-corrected chi connectivity index (χ3v) is 3.74. The number of carboxylic acids is 1. The molecule has 4 nitrogen and oxygen atoms in total. The highest BCUT2D eigenvalue weighted by atomic mass is 16.5. The van der Waals surface area contributed by atoms with Crippen LogP contribution in [0.15, 0.2) is 18.2 Å². The highest BCUT2D eigenvalue weighted by Gasteiger charge is 2.47. The van der Waals surface area contributed by atoms with E-state index in [1.54, 1.807) is 14.2 Å². The molecule has 1 aliphatic rings. The van der Waals surface area contributed by atoms with Gasteiger partial charge in [-0.25, -0.2) is 0 Å². The van der Waals surface area contributed by atoms with E-state index < -0.39 is 11.4 Å². The van der Waals surface area contributed by atoms with E-state index in [9.17, 15) is 9.90 Å². The molecule has 4 heteroatoms. The van der Waals surface area contributed by atoms with Gasteiger partial charge in [0.05, 0.1) is 19.1 Å². The zero-order valence-electron chi connectivity index (χ0n) is 10.7. The summed E-state index contributed by atoms with van der Waals surface area (Å²) in [4.78, 5) is 11.5. The average molecular weight is 250 g/mol. The van der Waals surface area contributed by atoms with Crippen LogP contribution in [-0.4, -0.2) is 25.3 Å². The lowest BCUT2D eigenvalue weighted by Crippen LogP contribution is -2.43. The van der Waals surface area contributed by atoms with E-state index >= 15 is 0 Å². The molecule has 1 aromatic carbocycles. The molecule has 0 atom stereocenters. The minimum Gasteiger partial charge on any atom is -0.497 e. The lowest BCUT2D eigenvalue weighted by molar-refractivity contribution is -0.147. The largest absolute Gasteiger partial charge is 0.497 e. The van der Waals surface area contributed by atoms with Crippen LogP contribution >= 0.6 is 0 Å².